The van der Waals surface area contributed by atoms with Gasteiger partial charge in [0.05, 0.1) is 11.3 Å². The molecule has 3 N–H and O–H groups in total. The van der Waals surface area contributed by atoms with Gasteiger partial charge in [-0.05, 0) is 40.2 Å². The van der Waals surface area contributed by atoms with Crippen molar-refractivity contribution in [1.82, 2.24) is 4.98 Å². The van der Waals surface area contributed by atoms with E-state index in [1.54, 1.807) is 6.07 Å². The average Bonchev–Trinajstić information content (AvgIpc) is 2.33. The van der Waals surface area contributed by atoms with Crippen LogP contribution < -0.4 is 11.1 Å². The Morgan fingerprint density at radius 1 is 1.20 bits per heavy atom. The van der Waals surface area contributed by atoms with E-state index in [-0.39, 0.29) is 17.2 Å². The van der Waals surface area contributed by atoms with Gasteiger partial charge in [0.15, 0.2) is 5.82 Å². The zero-order valence-electron chi connectivity index (χ0n) is 9.80. The molecule has 0 atom stereocenters. The third kappa shape index (κ3) is 3.19. The smallest absolute Gasteiger partial charge is 0.396 e. The number of hydrogen-bond acceptors (Lipinski definition) is 3. The first kappa shape index (κ1) is 14.6. The summed E-state index contributed by atoms with van der Waals surface area (Å²) in [7, 11) is 0. The molecule has 0 aliphatic heterocycles. The molecule has 2 rings (SSSR count). The molecular weight excluding hydrogens is 342 g/mol. The van der Waals surface area contributed by atoms with Crippen molar-refractivity contribution in [3.63, 3.8) is 0 Å². The third-order valence-electron chi connectivity index (χ3n) is 2.42. The summed E-state index contributed by atoms with van der Waals surface area (Å²) in [4.78, 5) is 3.93. The molecule has 0 radical (unpaired) electrons. The number of aromatic nitrogens is 1. The highest BCUT2D eigenvalue weighted by Crippen LogP contribution is 2.34. The fourth-order valence-corrected chi connectivity index (χ4v) is 1.87. The molecule has 1 aromatic carbocycles. The maximum atomic E-state index is 13.1. The van der Waals surface area contributed by atoms with Gasteiger partial charge in [0, 0.05) is 16.4 Å². The monoisotopic (exact) mass is 349 g/mol. The van der Waals surface area contributed by atoms with E-state index in [1.165, 1.54) is 12.3 Å². The first-order valence-electron chi connectivity index (χ1n) is 5.32. The number of halogens is 5. The Bertz CT molecular complexity index is 643. The Kier molecular flexibility index (Phi) is 3.85. The number of alkyl halides is 3. The van der Waals surface area contributed by atoms with Crippen molar-refractivity contribution in [1.29, 1.82) is 0 Å². The number of rotatable bonds is 2. The van der Waals surface area contributed by atoms with E-state index >= 15 is 0 Å². The summed E-state index contributed by atoms with van der Waals surface area (Å²) in [6.07, 6.45) is -3.33. The van der Waals surface area contributed by atoms with Gasteiger partial charge < -0.3 is 11.1 Å². The van der Waals surface area contributed by atoms with Crippen LogP contribution in [0, 0.1) is 5.82 Å². The summed E-state index contributed by atoms with van der Waals surface area (Å²) in [6.45, 7) is 0. The summed E-state index contributed by atoms with van der Waals surface area (Å²) < 4.78 is 51.5. The van der Waals surface area contributed by atoms with Crippen LogP contribution in [-0.4, -0.2) is 4.98 Å². The van der Waals surface area contributed by atoms with Crippen LogP contribution in [0.4, 0.5) is 34.8 Å². The Hall–Kier alpha value is -1.83. The minimum absolute atomic E-state index is 0.0419. The van der Waals surface area contributed by atoms with Gasteiger partial charge in [-0.1, -0.05) is 0 Å². The Balaban J connectivity index is 2.35. The molecule has 0 fully saturated rings. The van der Waals surface area contributed by atoms with Gasteiger partial charge in [0.2, 0.25) is 0 Å². The Morgan fingerprint density at radius 2 is 1.90 bits per heavy atom. The van der Waals surface area contributed by atoms with Crippen LogP contribution >= 0.6 is 15.9 Å². The van der Waals surface area contributed by atoms with Crippen molar-refractivity contribution in [3.05, 3.63) is 46.3 Å². The molecule has 8 heteroatoms. The van der Waals surface area contributed by atoms with Crippen molar-refractivity contribution in [3.8, 4) is 0 Å². The lowest BCUT2D eigenvalue weighted by atomic mass is 10.2. The number of benzene rings is 1. The number of nitrogens with two attached hydrogens (primary N) is 1. The molecule has 0 aliphatic rings. The van der Waals surface area contributed by atoms with Gasteiger partial charge in [-0.2, -0.15) is 13.2 Å². The molecule has 2 aromatic rings. The summed E-state index contributed by atoms with van der Waals surface area (Å²) in [5.41, 5.74) is 4.61. The highest BCUT2D eigenvalue weighted by molar-refractivity contribution is 9.10. The molecule has 0 unspecified atom stereocenters. The summed E-state index contributed by atoms with van der Waals surface area (Å²) in [5.74, 6) is -1.15. The van der Waals surface area contributed by atoms with Crippen LogP contribution in [0.1, 0.15) is 5.56 Å². The third-order valence-corrected chi connectivity index (χ3v) is 2.85. The van der Waals surface area contributed by atoms with Crippen molar-refractivity contribution in [2.24, 2.45) is 0 Å². The SMILES string of the molecule is Nc1cc(Br)cnc1Nc1ccc(F)c(C(F)(F)F)c1. The number of pyridine rings is 1. The molecule has 0 aliphatic carbocycles. The average molecular weight is 350 g/mol. The fourth-order valence-electron chi connectivity index (χ4n) is 1.52. The van der Waals surface area contributed by atoms with Gasteiger partial charge >= 0.3 is 6.18 Å². The summed E-state index contributed by atoms with van der Waals surface area (Å²) >= 11 is 3.16. The lowest BCUT2D eigenvalue weighted by molar-refractivity contribution is -0.139. The molecule has 0 saturated carbocycles. The van der Waals surface area contributed by atoms with Crippen LogP contribution in [-0.2, 0) is 6.18 Å². The van der Waals surface area contributed by atoms with Crippen LogP contribution in [0.15, 0.2) is 34.9 Å². The number of nitrogens with one attached hydrogen (secondary N) is 1. The van der Waals surface area contributed by atoms with Crippen LogP contribution in [0.2, 0.25) is 0 Å². The first-order chi connectivity index (χ1) is 9.27. The van der Waals surface area contributed by atoms with Gasteiger partial charge in [-0.25, -0.2) is 9.37 Å². The number of hydrogen-bond donors (Lipinski definition) is 2. The lowest BCUT2D eigenvalue weighted by Crippen LogP contribution is -2.09. The van der Waals surface area contributed by atoms with Crippen LogP contribution in [0.25, 0.3) is 0 Å². The fraction of sp³-hybridized carbons (Fsp3) is 0.0833. The Morgan fingerprint density at radius 3 is 2.50 bits per heavy atom. The summed E-state index contributed by atoms with van der Waals surface area (Å²) in [6, 6.07) is 4.12. The normalized spacial score (nSPS) is 11.4. The van der Waals surface area contributed by atoms with Crippen LogP contribution in [0.3, 0.4) is 0 Å². The predicted molar refractivity (Wildman–Crippen MR) is 71.0 cm³/mol. The van der Waals surface area contributed by atoms with E-state index in [9.17, 15) is 17.6 Å². The standard InChI is InChI=1S/C12H8BrF4N3/c13-6-3-10(18)11(19-5-6)20-7-1-2-9(14)8(4-7)12(15,16)17/h1-5H,18H2,(H,19,20). The second-order valence-corrected chi connectivity index (χ2v) is 4.82. The van der Waals surface area contributed by atoms with Crippen molar-refractivity contribution < 1.29 is 17.6 Å². The summed E-state index contributed by atoms with van der Waals surface area (Å²) in [5, 5.41) is 2.62. The van der Waals surface area contributed by atoms with E-state index in [2.05, 4.69) is 26.2 Å². The van der Waals surface area contributed by atoms with Gasteiger partial charge in [0.25, 0.3) is 0 Å². The second kappa shape index (κ2) is 5.28. The quantitative estimate of drug-likeness (QED) is 0.793. The molecular formula is C12H8BrF4N3. The predicted octanol–water partition coefficient (Wildman–Crippen LogP) is 4.33. The van der Waals surface area contributed by atoms with E-state index in [0.717, 1.165) is 6.07 Å². The number of nitrogen functional groups attached to an aromatic ring is 1. The highest BCUT2D eigenvalue weighted by Gasteiger charge is 2.34. The molecule has 3 nitrogen and oxygen atoms in total. The largest absolute Gasteiger partial charge is 0.419 e. The van der Waals surface area contributed by atoms with Gasteiger partial charge in [-0.3, -0.25) is 0 Å². The van der Waals surface area contributed by atoms with Crippen molar-refractivity contribution in [2.45, 2.75) is 6.18 Å². The minimum Gasteiger partial charge on any atom is -0.396 e. The minimum atomic E-state index is -4.76. The molecule has 0 amide bonds. The van der Waals surface area contributed by atoms with Gasteiger partial charge in [-0.15, -0.1) is 0 Å². The van der Waals surface area contributed by atoms with E-state index in [1.807, 2.05) is 0 Å². The topological polar surface area (TPSA) is 50.9 Å². The maximum absolute atomic E-state index is 13.1. The van der Waals surface area contributed by atoms with Crippen molar-refractivity contribution >= 4 is 33.1 Å². The Labute approximate surface area is 119 Å². The molecule has 106 valence electrons. The van der Waals surface area contributed by atoms with Crippen molar-refractivity contribution in [2.75, 3.05) is 11.1 Å². The molecule has 0 spiro atoms. The van der Waals surface area contributed by atoms with E-state index < -0.39 is 17.6 Å². The van der Waals surface area contributed by atoms with Gasteiger partial charge in [0.1, 0.15) is 5.82 Å². The second-order valence-electron chi connectivity index (χ2n) is 3.91. The molecule has 1 heterocycles. The zero-order chi connectivity index (χ0) is 14.9. The molecule has 0 saturated heterocycles. The van der Waals surface area contributed by atoms with E-state index in [4.69, 9.17) is 5.73 Å². The van der Waals surface area contributed by atoms with E-state index in [0.29, 0.717) is 10.5 Å². The maximum Gasteiger partial charge on any atom is 0.419 e. The number of anilines is 3. The molecule has 1 aromatic heterocycles. The first-order valence-corrected chi connectivity index (χ1v) is 6.11. The lowest BCUT2D eigenvalue weighted by Gasteiger charge is -2.12. The molecule has 0 bridgehead atoms. The van der Waals surface area contributed by atoms with Crippen LogP contribution in [0.5, 0.6) is 0 Å². The highest BCUT2D eigenvalue weighted by atomic mass is 79.9. The number of nitrogens with zero attached hydrogens (tertiary/aromatic N) is 1. The molecule has 20 heavy (non-hydrogen) atoms. The zero-order valence-corrected chi connectivity index (χ0v) is 11.4.